The number of hydrogen-bond donors (Lipinski definition) is 1. The fraction of sp³-hybridized carbons (Fsp3) is 0.440. The highest BCUT2D eigenvalue weighted by molar-refractivity contribution is 7.89. The predicted octanol–water partition coefficient (Wildman–Crippen LogP) is 3.05. The maximum absolute atomic E-state index is 13.6. The molecule has 0 aliphatic carbocycles. The third-order valence-electron chi connectivity index (χ3n) is 6.90. The van der Waals surface area contributed by atoms with E-state index in [2.05, 4.69) is 4.99 Å². The number of rotatable bonds is 5. The van der Waals surface area contributed by atoms with Gasteiger partial charge >= 0.3 is 0 Å². The molecule has 0 saturated carbocycles. The number of carbonyl (C=O) groups excluding carboxylic acids is 1. The molecule has 33 heavy (non-hydrogen) atoms. The van der Waals surface area contributed by atoms with Crippen LogP contribution in [0.25, 0.3) is 0 Å². The Labute approximate surface area is 196 Å². The van der Waals surface area contributed by atoms with Crippen LogP contribution >= 0.6 is 0 Å². The van der Waals surface area contributed by atoms with Gasteiger partial charge in [-0.2, -0.15) is 4.31 Å². The molecular formula is C25H32N4O3S. The van der Waals surface area contributed by atoms with Crippen molar-refractivity contribution in [3.05, 3.63) is 66.2 Å². The minimum absolute atomic E-state index is 0.0419. The number of benzene rings is 2. The Hall–Kier alpha value is -2.71. The molecule has 2 fully saturated rings. The second-order valence-corrected chi connectivity index (χ2v) is 10.7. The number of piperidine rings is 2. The van der Waals surface area contributed by atoms with Gasteiger partial charge in [0.1, 0.15) is 0 Å². The molecule has 0 bridgehead atoms. The lowest BCUT2D eigenvalue weighted by atomic mass is 9.89. The lowest BCUT2D eigenvalue weighted by Gasteiger charge is -2.41. The Kier molecular flexibility index (Phi) is 7.14. The van der Waals surface area contributed by atoms with E-state index < -0.39 is 10.0 Å². The molecule has 2 aromatic carbocycles. The standard InChI is InChI=1S/C25H32N4O3S/c1-27-24(26)20-14-16-28(17-15-20)25(30)21-12-13-23(19-8-4-2-5-9-19)29(18-21)33(31,32)22-10-6-3-7-11-22/h2-11,20-21,23H,12-18H2,1H3,(H2,26,27)/t21-,23-/m1/s1. The minimum atomic E-state index is -3.75. The number of likely N-dealkylation sites (tertiary alicyclic amines) is 1. The van der Waals surface area contributed by atoms with Crippen molar-refractivity contribution >= 4 is 21.8 Å². The summed E-state index contributed by atoms with van der Waals surface area (Å²) in [4.78, 5) is 19.6. The minimum Gasteiger partial charge on any atom is -0.387 e. The highest BCUT2D eigenvalue weighted by atomic mass is 32.2. The van der Waals surface area contributed by atoms with Gasteiger partial charge < -0.3 is 10.6 Å². The number of aliphatic imine (C=N–C) groups is 1. The molecule has 2 saturated heterocycles. The summed E-state index contributed by atoms with van der Waals surface area (Å²) in [5, 5.41) is 0. The largest absolute Gasteiger partial charge is 0.387 e. The van der Waals surface area contributed by atoms with Crippen molar-refractivity contribution in [1.29, 1.82) is 0 Å². The van der Waals surface area contributed by atoms with Gasteiger partial charge in [0, 0.05) is 32.6 Å². The number of hydrogen-bond acceptors (Lipinski definition) is 4. The molecule has 8 heteroatoms. The Morgan fingerprint density at radius 1 is 0.909 bits per heavy atom. The van der Waals surface area contributed by atoms with Crippen LogP contribution in [0.15, 0.2) is 70.6 Å². The summed E-state index contributed by atoms with van der Waals surface area (Å²) in [5.74, 6) is 0.547. The third-order valence-corrected chi connectivity index (χ3v) is 8.79. The van der Waals surface area contributed by atoms with Crippen molar-refractivity contribution in [2.24, 2.45) is 22.6 Å². The van der Waals surface area contributed by atoms with Gasteiger partial charge in [-0.05, 0) is 43.4 Å². The quantitative estimate of drug-likeness (QED) is 0.539. The second-order valence-electron chi connectivity index (χ2n) is 8.84. The molecule has 2 atom stereocenters. The zero-order valence-corrected chi connectivity index (χ0v) is 19.8. The molecule has 1 amide bonds. The van der Waals surface area contributed by atoms with Gasteiger partial charge in [0.2, 0.25) is 15.9 Å². The molecular weight excluding hydrogens is 436 g/mol. The Morgan fingerprint density at radius 3 is 2.12 bits per heavy atom. The van der Waals surface area contributed by atoms with Crippen molar-refractivity contribution < 1.29 is 13.2 Å². The molecule has 0 radical (unpaired) electrons. The fourth-order valence-corrected chi connectivity index (χ4v) is 6.69. The average molecular weight is 469 g/mol. The van der Waals surface area contributed by atoms with E-state index in [4.69, 9.17) is 5.73 Å². The molecule has 176 valence electrons. The lowest BCUT2D eigenvalue weighted by Crippen LogP contribution is -2.50. The lowest BCUT2D eigenvalue weighted by molar-refractivity contribution is -0.138. The maximum atomic E-state index is 13.6. The molecule has 2 aliphatic rings. The SMILES string of the molecule is CN=C(N)C1CCN(C(=O)[C@@H]2CC[C@H](c3ccccc3)N(S(=O)(=O)c3ccccc3)C2)CC1. The molecule has 4 rings (SSSR count). The number of nitrogens with two attached hydrogens (primary N) is 1. The predicted molar refractivity (Wildman–Crippen MR) is 129 cm³/mol. The summed E-state index contributed by atoms with van der Waals surface area (Å²) in [7, 11) is -2.06. The smallest absolute Gasteiger partial charge is 0.243 e. The topological polar surface area (TPSA) is 96.1 Å². The summed E-state index contributed by atoms with van der Waals surface area (Å²) in [5.41, 5.74) is 6.93. The van der Waals surface area contributed by atoms with Gasteiger partial charge in [-0.25, -0.2) is 8.42 Å². The Morgan fingerprint density at radius 2 is 1.52 bits per heavy atom. The van der Waals surface area contributed by atoms with E-state index in [-0.39, 0.29) is 35.2 Å². The monoisotopic (exact) mass is 468 g/mol. The summed E-state index contributed by atoms with van der Waals surface area (Å²) >= 11 is 0. The highest BCUT2D eigenvalue weighted by Gasteiger charge is 2.41. The van der Waals surface area contributed by atoms with Gasteiger partial charge in [0.15, 0.2) is 0 Å². The summed E-state index contributed by atoms with van der Waals surface area (Å²) < 4.78 is 28.8. The fourth-order valence-electron chi connectivity index (χ4n) is 4.98. The maximum Gasteiger partial charge on any atom is 0.243 e. The van der Waals surface area contributed by atoms with E-state index in [1.165, 1.54) is 4.31 Å². The molecule has 2 aromatic rings. The van der Waals surface area contributed by atoms with Gasteiger partial charge in [-0.3, -0.25) is 9.79 Å². The number of amides is 1. The average Bonchev–Trinajstić information content (AvgIpc) is 2.88. The van der Waals surface area contributed by atoms with Crippen molar-refractivity contribution in [3.63, 3.8) is 0 Å². The molecule has 2 heterocycles. The van der Waals surface area contributed by atoms with E-state index in [0.29, 0.717) is 31.8 Å². The van der Waals surface area contributed by atoms with Crippen molar-refractivity contribution in [2.45, 2.75) is 36.6 Å². The van der Waals surface area contributed by atoms with Crippen LogP contribution in [0.2, 0.25) is 0 Å². The number of nitrogens with zero attached hydrogens (tertiary/aromatic N) is 3. The van der Waals surface area contributed by atoms with Crippen LogP contribution in [-0.4, -0.2) is 56.0 Å². The van der Waals surface area contributed by atoms with E-state index in [0.717, 1.165) is 18.4 Å². The van der Waals surface area contributed by atoms with Crippen LogP contribution in [-0.2, 0) is 14.8 Å². The molecule has 2 aliphatic heterocycles. The molecule has 0 unspecified atom stereocenters. The summed E-state index contributed by atoms with van der Waals surface area (Å²) in [6.07, 6.45) is 2.86. The Bertz CT molecular complexity index is 1080. The molecule has 7 nitrogen and oxygen atoms in total. The van der Waals surface area contributed by atoms with Crippen LogP contribution in [0, 0.1) is 11.8 Å². The molecule has 0 spiro atoms. The zero-order chi connectivity index (χ0) is 23.4. The van der Waals surface area contributed by atoms with Crippen LogP contribution in [0.1, 0.15) is 37.3 Å². The summed E-state index contributed by atoms with van der Waals surface area (Å²) in [6.45, 7) is 1.45. The normalized spacial score (nSPS) is 23.4. The van der Waals surface area contributed by atoms with Crippen molar-refractivity contribution in [1.82, 2.24) is 9.21 Å². The van der Waals surface area contributed by atoms with Gasteiger partial charge in [-0.1, -0.05) is 48.5 Å². The second kappa shape index (κ2) is 10.1. The van der Waals surface area contributed by atoms with E-state index in [1.807, 2.05) is 35.2 Å². The van der Waals surface area contributed by atoms with E-state index in [1.54, 1.807) is 37.4 Å². The summed E-state index contributed by atoms with van der Waals surface area (Å²) in [6, 6.07) is 17.9. The van der Waals surface area contributed by atoms with Crippen LogP contribution in [0.5, 0.6) is 0 Å². The first kappa shape index (κ1) is 23.4. The number of amidine groups is 1. The highest BCUT2D eigenvalue weighted by Crippen LogP contribution is 2.38. The van der Waals surface area contributed by atoms with E-state index >= 15 is 0 Å². The first-order valence-corrected chi connectivity index (χ1v) is 13.0. The van der Waals surface area contributed by atoms with Crippen LogP contribution in [0.3, 0.4) is 0 Å². The number of carbonyl (C=O) groups is 1. The third kappa shape index (κ3) is 4.96. The van der Waals surface area contributed by atoms with E-state index in [9.17, 15) is 13.2 Å². The first-order valence-electron chi connectivity index (χ1n) is 11.5. The molecule has 0 aromatic heterocycles. The van der Waals surface area contributed by atoms with Gasteiger partial charge in [0.25, 0.3) is 0 Å². The van der Waals surface area contributed by atoms with Crippen LogP contribution in [0.4, 0.5) is 0 Å². The van der Waals surface area contributed by atoms with Gasteiger partial charge in [0.05, 0.1) is 22.7 Å². The number of sulfonamides is 1. The van der Waals surface area contributed by atoms with Crippen LogP contribution < -0.4 is 5.73 Å². The zero-order valence-electron chi connectivity index (χ0n) is 19.0. The van der Waals surface area contributed by atoms with Crippen molar-refractivity contribution in [2.75, 3.05) is 26.7 Å². The Balaban J connectivity index is 1.55. The first-order chi connectivity index (χ1) is 15.9. The van der Waals surface area contributed by atoms with Gasteiger partial charge in [-0.15, -0.1) is 0 Å². The van der Waals surface area contributed by atoms with Crippen molar-refractivity contribution in [3.8, 4) is 0 Å². The molecule has 2 N–H and O–H groups in total.